The first-order chi connectivity index (χ1) is 8.35. The van der Waals surface area contributed by atoms with Crippen LogP contribution in [0.2, 0.25) is 0 Å². The Morgan fingerprint density at radius 2 is 2.24 bits per heavy atom. The second kappa shape index (κ2) is 5.56. The Balaban J connectivity index is 2.28. The van der Waals surface area contributed by atoms with Crippen molar-refractivity contribution in [2.75, 3.05) is 13.7 Å². The average Bonchev–Trinajstić information content (AvgIpc) is 2.80. The van der Waals surface area contributed by atoms with Crippen LogP contribution in [0.5, 0.6) is 0 Å². The van der Waals surface area contributed by atoms with Gasteiger partial charge in [-0.25, -0.2) is 0 Å². The Labute approximate surface area is 99.7 Å². The number of hydrogen-bond acceptors (Lipinski definition) is 4. The van der Waals surface area contributed by atoms with E-state index in [-0.39, 0.29) is 6.61 Å². The van der Waals surface area contributed by atoms with Crippen LogP contribution in [0.25, 0.3) is 11.4 Å². The van der Waals surface area contributed by atoms with Crippen molar-refractivity contribution in [2.45, 2.75) is 13.2 Å². The van der Waals surface area contributed by atoms with E-state index < -0.39 is 0 Å². The van der Waals surface area contributed by atoms with Gasteiger partial charge in [0.1, 0.15) is 5.69 Å². The number of nitrogens with zero attached hydrogens (tertiary/aromatic N) is 3. The maximum Gasteiger partial charge on any atom is 0.111 e. The van der Waals surface area contributed by atoms with E-state index in [4.69, 9.17) is 4.74 Å². The zero-order chi connectivity index (χ0) is 12.1. The maximum absolute atomic E-state index is 9.26. The minimum atomic E-state index is -0.0381. The fourth-order valence-electron chi connectivity index (χ4n) is 1.59. The zero-order valence-corrected chi connectivity index (χ0v) is 9.71. The first kappa shape index (κ1) is 11.8. The molecule has 0 unspecified atom stereocenters. The Hall–Kier alpha value is -1.72. The molecule has 2 aromatic rings. The Morgan fingerprint density at radius 1 is 1.35 bits per heavy atom. The summed E-state index contributed by atoms with van der Waals surface area (Å²) in [4.78, 5) is 4.23. The molecule has 0 spiro atoms. The van der Waals surface area contributed by atoms with Crippen molar-refractivity contribution < 1.29 is 9.84 Å². The number of ether oxygens (including phenoxy) is 1. The third-order valence-corrected chi connectivity index (χ3v) is 2.46. The van der Waals surface area contributed by atoms with Crippen LogP contribution >= 0.6 is 0 Å². The number of pyridine rings is 1. The lowest BCUT2D eigenvalue weighted by atomic mass is 10.2. The minimum absolute atomic E-state index is 0.0381. The van der Waals surface area contributed by atoms with Gasteiger partial charge in [0, 0.05) is 13.3 Å². The SMILES string of the molecule is COCCn1nc(-c2ccccn2)cc1CO. The summed E-state index contributed by atoms with van der Waals surface area (Å²) in [5.41, 5.74) is 2.34. The summed E-state index contributed by atoms with van der Waals surface area (Å²) in [5, 5.41) is 13.7. The molecule has 0 amide bonds. The summed E-state index contributed by atoms with van der Waals surface area (Å²) in [6.07, 6.45) is 1.72. The van der Waals surface area contributed by atoms with Gasteiger partial charge in [-0.05, 0) is 18.2 Å². The van der Waals surface area contributed by atoms with E-state index in [1.54, 1.807) is 18.0 Å². The van der Waals surface area contributed by atoms with Gasteiger partial charge in [0.15, 0.2) is 0 Å². The first-order valence-electron chi connectivity index (χ1n) is 5.43. The van der Waals surface area contributed by atoms with E-state index in [1.807, 2.05) is 24.3 Å². The third-order valence-electron chi connectivity index (χ3n) is 2.46. The van der Waals surface area contributed by atoms with Crippen molar-refractivity contribution in [1.29, 1.82) is 0 Å². The summed E-state index contributed by atoms with van der Waals surface area (Å²) in [6.45, 7) is 1.15. The molecule has 0 aliphatic rings. The van der Waals surface area contributed by atoms with Crippen molar-refractivity contribution in [1.82, 2.24) is 14.8 Å². The third kappa shape index (κ3) is 2.69. The van der Waals surface area contributed by atoms with E-state index >= 15 is 0 Å². The van der Waals surface area contributed by atoms with E-state index in [9.17, 15) is 5.11 Å². The normalized spacial score (nSPS) is 10.7. The molecule has 0 aliphatic heterocycles. The van der Waals surface area contributed by atoms with E-state index in [0.717, 1.165) is 17.1 Å². The van der Waals surface area contributed by atoms with Gasteiger partial charge in [0.25, 0.3) is 0 Å². The second-order valence-corrected chi connectivity index (χ2v) is 3.61. The highest BCUT2D eigenvalue weighted by molar-refractivity contribution is 5.53. The molecule has 5 heteroatoms. The van der Waals surface area contributed by atoms with E-state index in [1.165, 1.54) is 0 Å². The fourth-order valence-corrected chi connectivity index (χ4v) is 1.59. The summed E-state index contributed by atoms with van der Waals surface area (Å²) in [7, 11) is 1.64. The molecular formula is C12H15N3O2. The van der Waals surface area contributed by atoms with Gasteiger partial charge in [-0.3, -0.25) is 9.67 Å². The summed E-state index contributed by atoms with van der Waals surface area (Å²) < 4.78 is 6.75. The molecule has 0 saturated heterocycles. The van der Waals surface area contributed by atoms with Crippen LogP contribution in [0.1, 0.15) is 5.69 Å². The van der Waals surface area contributed by atoms with Crippen molar-refractivity contribution in [2.24, 2.45) is 0 Å². The molecule has 0 bridgehead atoms. The lowest BCUT2D eigenvalue weighted by Crippen LogP contribution is -2.09. The van der Waals surface area contributed by atoms with Gasteiger partial charge in [-0.1, -0.05) is 6.07 Å². The second-order valence-electron chi connectivity index (χ2n) is 3.61. The van der Waals surface area contributed by atoms with E-state index in [0.29, 0.717) is 13.2 Å². The number of aliphatic hydroxyl groups is 1. The van der Waals surface area contributed by atoms with E-state index in [2.05, 4.69) is 10.1 Å². The molecule has 1 N–H and O–H groups in total. The molecule has 5 nitrogen and oxygen atoms in total. The molecule has 0 aromatic carbocycles. The molecule has 17 heavy (non-hydrogen) atoms. The van der Waals surface area contributed by atoms with Crippen LogP contribution in [-0.2, 0) is 17.9 Å². The first-order valence-corrected chi connectivity index (χ1v) is 5.43. The van der Waals surface area contributed by atoms with Gasteiger partial charge in [0.05, 0.1) is 31.1 Å². The topological polar surface area (TPSA) is 60.2 Å². The van der Waals surface area contributed by atoms with Crippen molar-refractivity contribution >= 4 is 0 Å². The van der Waals surface area contributed by atoms with Crippen LogP contribution in [0.3, 0.4) is 0 Å². The van der Waals surface area contributed by atoms with Gasteiger partial charge in [-0.15, -0.1) is 0 Å². The standard InChI is InChI=1S/C12H15N3O2/c1-17-7-6-15-10(9-16)8-12(14-15)11-4-2-3-5-13-11/h2-5,8,16H,6-7,9H2,1H3. The van der Waals surface area contributed by atoms with Crippen LogP contribution in [0.15, 0.2) is 30.5 Å². The van der Waals surface area contributed by atoms with Crippen molar-refractivity contribution in [3.8, 4) is 11.4 Å². The highest BCUT2D eigenvalue weighted by Crippen LogP contribution is 2.16. The quantitative estimate of drug-likeness (QED) is 0.839. The lowest BCUT2D eigenvalue weighted by molar-refractivity contribution is 0.179. The predicted octanol–water partition coefficient (Wildman–Crippen LogP) is 1.08. The molecule has 0 saturated carbocycles. The fraction of sp³-hybridized carbons (Fsp3) is 0.333. The molecular weight excluding hydrogens is 218 g/mol. The zero-order valence-electron chi connectivity index (χ0n) is 9.71. The van der Waals surface area contributed by atoms with Crippen LogP contribution in [0.4, 0.5) is 0 Å². The van der Waals surface area contributed by atoms with Gasteiger partial charge in [0.2, 0.25) is 0 Å². The van der Waals surface area contributed by atoms with Crippen molar-refractivity contribution in [3.05, 3.63) is 36.2 Å². The molecule has 2 rings (SSSR count). The minimum Gasteiger partial charge on any atom is -0.390 e. The number of aromatic nitrogens is 3. The summed E-state index contributed by atoms with van der Waals surface area (Å²) >= 11 is 0. The molecule has 90 valence electrons. The average molecular weight is 233 g/mol. The highest BCUT2D eigenvalue weighted by atomic mass is 16.5. The molecule has 0 atom stereocenters. The molecule has 0 radical (unpaired) electrons. The summed E-state index contributed by atoms with van der Waals surface area (Å²) in [5.74, 6) is 0. The van der Waals surface area contributed by atoms with Gasteiger partial charge in [-0.2, -0.15) is 5.10 Å². The molecule has 2 aromatic heterocycles. The van der Waals surface area contributed by atoms with Crippen molar-refractivity contribution in [3.63, 3.8) is 0 Å². The van der Waals surface area contributed by atoms with Gasteiger partial charge >= 0.3 is 0 Å². The van der Waals surface area contributed by atoms with Gasteiger partial charge < -0.3 is 9.84 Å². The largest absolute Gasteiger partial charge is 0.390 e. The molecule has 2 heterocycles. The smallest absolute Gasteiger partial charge is 0.111 e. The number of hydrogen-bond donors (Lipinski definition) is 1. The molecule has 0 fully saturated rings. The highest BCUT2D eigenvalue weighted by Gasteiger charge is 2.09. The lowest BCUT2D eigenvalue weighted by Gasteiger charge is -2.03. The number of rotatable bonds is 5. The Bertz CT molecular complexity index is 468. The van der Waals surface area contributed by atoms with Crippen LogP contribution in [-0.4, -0.2) is 33.6 Å². The summed E-state index contributed by atoms with van der Waals surface area (Å²) in [6, 6.07) is 7.51. The number of methoxy groups -OCH3 is 1. The van der Waals surface area contributed by atoms with Crippen LogP contribution in [0, 0.1) is 0 Å². The Morgan fingerprint density at radius 3 is 2.88 bits per heavy atom. The monoisotopic (exact) mass is 233 g/mol. The predicted molar refractivity (Wildman–Crippen MR) is 63.3 cm³/mol. The Kier molecular flexibility index (Phi) is 3.85. The maximum atomic E-state index is 9.26. The van der Waals surface area contributed by atoms with Crippen LogP contribution < -0.4 is 0 Å². The molecule has 0 aliphatic carbocycles. The number of aliphatic hydroxyl groups excluding tert-OH is 1.